The zero-order valence-electron chi connectivity index (χ0n) is 20.4. The lowest BCUT2D eigenvalue weighted by molar-refractivity contribution is 0.0981. The molecule has 0 unspecified atom stereocenters. The van der Waals surface area contributed by atoms with Crippen molar-refractivity contribution in [2.45, 2.75) is 12.8 Å². The molecular weight excluding hydrogens is 480 g/mol. The first-order valence-electron chi connectivity index (χ1n) is 11.9. The van der Waals surface area contributed by atoms with E-state index < -0.39 is 0 Å². The summed E-state index contributed by atoms with van der Waals surface area (Å²) in [4.78, 5) is 26.0. The fourth-order valence-corrected chi connectivity index (χ4v) is 4.22. The van der Waals surface area contributed by atoms with Gasteiger partial charge >= 0.3 is 0 Å². The summed E-state index contributed by atoms with van der Waals surface area (Å²) in [5, 5.41) is 8.57. The van der Waals surface area contributed by atoms with Crippen LogP contribution in [-0.2, 0) is 12.8 Å². The third kappa shape index (κ3) is 4.58. The number of rotatable bonds is 8. The molecule has 5 aromatic rings. The third-order valence-corrected chi connectivity index (χ3v) is 6.31. The lowest BCUT2D eigenvalue weighted by Crippen LogP contribution is -2.10. The zero-order valence-corrected chi connectivity index (χ0v) is 20.4. The van der Waals surface area contributed by atoms with Crippen LogP contribution in [0.4, 0.5) is 23.3 Å². The molecule has 0 bridgehead atoms. The molecule has 0 saturated carbocycles. The second-order valence-electron chi connectivity index (χ2n) is 8.77. The van der Waals surface area contributed by atoms with Gasteiger partial charge in [0, 0.05) is 35.1 Å². The highest BCUT2D eigenvalue weighted by Gasteiger charge is 2.21. The number of nitrogens with zero attached hydrogens (tertiary/aromatic N) is 4. The lowest BCUT2D eigenvalue weighted by atomic mass is 9.99. The second-order valence-corrected chi connectivity index (χ2v) is 8.77. The number of carbonyl (C=O) groups excluding carboxylic acids is 2. The SMILES string of the molecule is Nc1nn(-c2ccccc2)c(N)c1CC(=O)c1ccc(C(=O)Cc2c(N)nn(-c3ccccc3)c2N)cc1. The number of aromatic nitrogens is 4. The van der Waals surface area contributed by atoms with Crippen LogP contribution in [-0.4, -0.2) is 31.1 Å². The van der Waals surface area contributed by atoms with Crippen LogP contribution in [0.3, 0.4) is 0 Å². The second kappa shape index (κ2) is 9.94. The Morgan fingerprint density at radius 1 is 0.553 bits per heavy atom. The fourth-order valence-electron chi connectivity index (χ4n) is 4.22. The van der Waals surface area contributed by atoms with E-state index in [2.05, 4.69) is 10.2 Å². The molecule has 0 spiro atoms. The molecule has 3 aromatic carbocycles. The van der Waals surface area contributed by atoms with Crippen molar-refractivity contribution in [2.75, 3.05) is 22.9 Å². The number of para-hydroxylation sites is 2. The molecule has 0 radical (unpaired) electrons. The van der Waals surface area contributed by atoms with Gasteiger partial charge in [0.2, 0.25) is 0 Å². The van der Waals surface area contributed by atoms with Gasteiger partial charge in [-0.25, -0.2) is 9.36 Å². The van der Waals surface area contributed by atoms with Crippen LogP contribution in [0.25, 0.3) is 11.4 Å². The largest absolute Gasteiger partial charge is 0.383 e. The Balaban J connectivity index is 1.30. The van der Waals surface area contributed by atoms with Gasteiger partial charge in [-0.05, 0) is 24.3 Å². The van der Waals surface area contributed by atoms with Gasteiger partial charge in [-0.1, -0.05) is 60.7 Å². The van der Waals surface area contributed by atoms with E-state index in [4.69, 9.17) is 22.9 Å². The molecule has 2 aromatic heterocycles. The first-order chi connectivity index (χ1) is 18.3. The summed E-state index contributed by atoms with van der Waals surface area (Å²) in [6.07, 6.45) is -0.0485. The van der Waals surface area contributed by atoms with Crippen molar-refractivity contribution in [3.63, 3.8) is 0 Å². The molecule has 10 heteroatoms. The first-order valence-corrected chi connectivity index (χ1v) is 11.9. The Morgan fingerprint density at radius 2 is 0.895 bits per heavy atom. The van der Waals surface area contributed by atoms with Gasteiger partial charge in [-0.3, -0.25) is 9.59 Å². The van der Waals surface area contributed by atoms with E-state index in [1.54, 1.807) is 24.3 Å². The number of nitrogen functional groups attached to an aromatic ring is 4. The van der Waals surface area contributed by atoms with Crippen molar-refractivity contribution in [3.8, 4) is 11.4 Å². The molecule has 10 nitrogen and oxygen atoms in total. The number of carbonyl (C=O) groups is 2. The van der Waals surface area contributed by atoms with E-state index in [-0.39, 0.29) is 36.0 Å². The van der Waals surface area contributed by atoms with Gasteiger partial charge in [-0.15, -0.1) is 10.2 Å². The molecule has 0 saturated heterocycles. The summed E-state index contributed by atoms with van der Waals surface area (Å²) < 4.78 is 3.02. The Labute approximate surface area is 218 Å². The normalized spacial score (nSPS) is 10.9. The van der Waals surface area contributed by atoms with E-state index in [0.29, 0.717) is 33.9 Å². The number of Topliss-reactive ketones (excluding diaryl/α,β-unsaturated/α-hetero) is 2. The highest BCUT2D eigenvalue weighted by molar-refractivity contribution is 6.02. The third-order valence-electron chi connectivity index (χ3n) is 6.31. The smallest absolute Gasteiger partial charge is 0.167 e. The number of hydrogen-bond acceptors (Lipinski definition) is 8. The minimum Gasteiger partial charge on any atom is -0.383 e. The molecule has 5 rings (SSSR count). The highest BCUT2D eigenvalue weighted by Crippen LogP contribution is 2.26. The molecule has 38 heavy (non-hydrogen) atoms. The van der Waals surface area contributed by atoms with Crippen molar-refractivity contribution < 1.29 is 9.59 Å². The maximum atomic E-state index is 13.0. The summed E-state index contributed by atoms with van der Waals surface area (Å²) >= 11 is 0. The maximum Gasteiger partial charge on any atom is 0.167 e. The fraction of sp³-hybridized carbons (Fsp3) is 0.0714. The first kappa shape index (κ1) is 24.3. The molecule has 0 amide bonds. The summed E-state index contributed by atoms with van der Waals surface area (Å²) in [6, 6.07) is 25.0. The monoisotopic (exact) mass is 506 g/mol. The topological polar surface area (TPSA) is 174 Å². The Hall–Kier alpha value is -5.38. The van der Waals surface area contributed by atoms with Crippen LogP contribution in [0.15, 0.2) is 84.9 Å². The molecule has 0 atom stereocenters. The predicted octanol–water partition coefficient (Wildman–Crippen LogP) is 3.24. The quantitative estimate of drug-likeness (QED) is 0.232. The van der Waals surface area contributed by atoms with Crippen LogP contribution < -0.4 is 22.9 Å². The van der Waals surface area contributed by atoms with Crippen molar-refractivity contribution in [1.29, 1.82) is 0 Å². The molecule has 0 aliphatic rings. The molecule has 2 heterocycles. The number of nitrogens with two attached hydrogens (primary N) is 4. The van der Waals surface area contributed by atoms with Crippen molar-refractivity contribution in [1.82, 2.24) is 19.6 Å². The average Bonchev–Trinajstić information content (AvgIpc) is 3.39. The van der Waals surface area contributed by atoms with Crippen LogP contribution in [0.2, 0.25) is 0 Å². The number of benzene rings is 3. The Bertz CT molecular complexity index is 1500. The number of hydrogen-bond donors (Lipinski definition) is 4. The van der Waals surface area contributed by atoms with Gasteiger partial charge in [-0.2, -0.15) is 0 Å². The average molecular weight is 507 g/mol. The van der Waals surface area contributed by atoms with Crippen LogP contribution in [0, 0.1) is 0 Å². The molecule has 190 valence electrons. The van der Waals surface area contributed by atoms with Gasteiger partial charge in [0.15, 0.2) is 23.2 Å². The Kier molecular flexibility index (Phi) is 6.36. The minimum absolute atomic E-state index is 0.0243. The zero-order chi connectivity index (χ0) is 26.8. The molecule has 0 aliphatic heterocycles. The maximum absolute atomic E-state index is 13.0. The van der Waals surface area contributed by atoms with Crippen molar-refractivity contribution in [2.24, 2.45) is 0 Å². The van der Waals surface area contributed by atoms with E-state index in [1.807, 2.05) is 60.7 Å². The molecule has 8 N–H and O–H groups in total. The minimum atomic E-state index is -0.201. The standard InChI is InChI=1S/C28H26N8O2/c29-25-21(27(31)35(33-25)19-7-3-1-4-8-19)15-23(37)17-11-13-18(14-12-17)24(38)16-22-26(30)34-36(28(22)32)20-9-5-2-6-10-20/h1-14H,15-16,31-32H2,(H2,29,33)(H2,30,34). The number of ketones is 2. The van der Waals surface area contributed by atoms with Gasteiger partial charge in [0.25, 0.3) is 0 Å². The molecular formula is C28H26N8O2. The van der Waals surface area contributed by atoms with Gasteiger partial charge in [0.05, 0.1) is 11.4 Å². The summed E-state index contributed by atoms with van der Waals surface area (Å²) in [5.74, 6) is 0.593. The summed E-state index contributed by atoms with van der Waals surface area (Å²) in [7, 11) is 0. The van der Waals surface area contributed by atoms with Crippen LogP contribution >= 0.6 is 0 Å². The van der Waals surface area contributed by atoms with Gasteiger partial charge in [0.1, 0.15) is 11.6 Å². The van der Waals surface area contributed by atoms with E-state index in [1.165, 1.54) is 9.36 Å². The number of anilines is 4. The van der Waals surface area contributed by atoms with Gasteiger partial charge < -0.3 is 22.9 Å². The summed E-state index contributed by atoms with van der Waals surface area (Å²) in [6.45, 7) is 0. The van der Waals surface area contributed by atoms with E-state index in [9.17, 15) is 9.59 Å². The lowest BCUT2D eigenvalue weighted by Gasteiger charge is -2.06. The Morgan fingerprint density at radius 3 is 1.24 bits per heavy atom. The van der Waals surface area contributed by atoms with Crippen molar-refractivity contribution >= 4 is 34.8 Å². The van der Waals surface area contributed by atoms with E-state index >= 15 is 0 Å². The summed E-state index contributed by atoms with van der Waals surface area (Å²) in [5.41, 5.74) is 27.9. The van der Waals surface area contributed by atoms with E-state index in [0.717, 1.165) is 11.4 Å². The van der Waals surface area contributed by atoms with Crippen LogP contribution in [0.1, 0.15) is 31.8 Å². The molecule has 0 fully saturated rings. The predicted molar refractivity (Wildman–Crippen MR) is 147 cm³/mol. The molecule has 0 aliphatic carbocycles. The van der Waals surface area contributed by atoms with Crippen LogP contribution in [0.5, 0.6) is 0 Å². The highest BCUT2D eigenvalue weighted by atomic mass is 16.1. The van der Waals surface area contributed by atoms with Crippen molar-refractivity contribution in [3.05, 3.63) is 107 Å².